The Bertz CT molecular complexity index is 377. The molecule has 2 aliphatic heterocycles. The van der Waals surface area contributed by atoms with Crippen LogP contribution in [0.15, 0.2) is 10.2 Å². The Morgan fingerprint density at radius 2 is 1.87 bits per heavy atom. The van der Waals surface area contributed by atoms with E-state index < -0.39 is 0 Å². The van der Waals surface area contributed by atoms with E-state index in [9.17, 15) is 0 Å². The first kappa shape index (κ1) is 8.72. The van der Waals surface area contributed by atoms with Crippen molar-refractivity contribution in [3.05, 3.63) is 0 Å². The van der Waals surface area contributed by atoms with Gasteiger partial charge in [-0.05, 0) is 49.9 Å². The Kier molecular flexibility index (Phi) is 1.18. The minimum Gasteiger partial charge on any atom is -0.190 e. The van der Waals surface area contributed by atoms with Gasteiger partial charge in [0.05, 0.1) is 11.6 Å². The normalized spacial score (nSPS) is 69.1. The molecule has 5 rings (SSSR count). The summed E-state index contributed by atoms with van der Waals surface area (Å²) in [5.74, 6) is 1.85. The number of rotatable bonds is 0. The Morgan fingerprint density at radius 3 is 2.33 bits per heavy atom. The Labute approximate surface area is 91.5 Å². The van der Waals surface area contributed by atoms with E-state index in [4.69, 9.17) is 0 Å². The first-order valence-electron chi connectivity index (χ1n) is 6.45. The van der Waals surface area contributed by atoms with Crippen LogP contribution in [0.2, 0.25) is 0 Å². The van der Waals surface area contributed by atoms with Gasteiger partial charge in [0.15, 0.2) is 0 Å². The Balaban J connectivity index is 1.91. The summed E-state index contributed by atoms with van der Waals surface area (Å²) in [6.45, 7) is 7.38. The lowest BCUT2D eigenvalue weighted by Gasteiger charge is -2.81. The van der Waals surface area contributed by atoms with E-state index in [1.54, 1.807) is 0 Å². The van der Waals surface area contributed by atoms with E-state index in [1.807, 2.05) is 0 Å². The van der Waals surface area contributed by atoms with Crippen molar-refractivity contribution in [1.29, 1.82) is 0 Å². The van der Waals surface area contributed by atoms with E-state index in [-0.39, 0.29) is 5.54 Å². The smallest absolute Gasteiger partial charge is 0.0850 e. The van der Waals surface area contributed by atoms with Gasteiger partial charge in [0, 0.05) is 5.41 Å². The molecule has 3 saturated carbocycles. The van der Waals surface area contributed by atoms with Crippen LogP contribution in [0.25, 0.3) is 0 Å². The van der Waals surface area contributed by atoms with Crippen LogP contribution in [0, 0.1) is 22.7 Å². The van der Waals surface area contributed by atoms with Crippen LogP contribution in [-0.4, -0.2) is 11.6 Å². The number of azo groups is 1. The van der Waals surface area contributed by atoms with Crippen molar-refractivity contribution in [2.45, 2.75) is 58.0 Å². The lowest BCUT2D eigenvalue weighted by atomic mass is 9.25. The van der Waals surface area contributed by atoms with Crippen LogP contribution in [0.5, 0.6) is 0 Å². The van der Waals surface area contributed by atoms with Crippen molar-refractivity contribution in [3.63, 3.8) is 0 Å². The topological polar surface area (TPSA) is 24.7 Å². The number of fused-ring (bicyclic) bond motifs is 2. The first-order chi connectivity index (χ1) is 7.03. The molecule has 0 amide bonds. The molecule has 2 nitrogen and oxygen atoms in total. The summed E-state index contributed by atoms with van der Waals surface area (Å²) in [7, 11) is 0. The third-order valence-corrected chi connectivity index (χ3v) is 6.97. The van der Waals surface area contributed by atoms with Crippen LogP contribution in [0.1, 0.15) is 46.5 Å². The molecule has 0 spiro atoms. The highest BCUT2D eigenvalue weighted by molar-refractivity contribution is 5.30. The molecule has 3 unspecified atom stereocenters. The van der Waals surface area contributed by atoms with Gasteiger partial charge in [-0.3, -0.25) is 0 Å². The van der Waals surface area contributed by atoms with Gasteiger partial charge in [0.25, 0.3) is 0 Å². The molecule has 0 aromatic rings. The monoisotopic (exact) mass is 204 g/mol. The quantitative estimate of drug-likeness (QED) is 0.577. The predicted octanol–water partition coefficient (Wildman–Crippen LogP) is 3.43. The van der Waals surface area contributed by atoms with Gasteiger partial charge in [-0.1, -0.05) is 13.8 Å². The zero-order chi connectivity index (χ0) is 10.5. The SMILES string of the molecule is C[C@@]12C(C3CC[C@]1(C)N=N3)C1CC[C@@]12C. The Morgan fingerprint density at radius 1 is 1.07 bits per heavy atom. The van der Waals surface area contributed by atoms with Gasteiger partial charge in [0.2, 0.25) is 0 Å². The second-order valence-electron chi connectivity index (χ2n) is 6.89. The van der Waals surface area contributed by atoms with Crippen LogP contribution < -0.4 is 0 Å². The van der Waals surface area contributed by atoms with Crippen molar-refractivity contribution in [3.8, 4) is 0 Å². The fourth-order valence-corrected chi connectivity index (χ4v) is 5.63. The molecule has 0 radical (unpaired) electrons. The average Bonchev–Trinajstić information content (AvgIpc) is 2.22. The minimum absolute atomic E-state index is 0.165. The molecule has 0 aromatic carbocycles. The highest BCUT2D eigenvalue weighted by Crippen LogP contribution is 2.81. The average molecular weight is 204 g/mol. The maximum atomic E-state index is 4.67. The van der Waals surface area contributed by atoms with Gasteiger partial charge in [-0.2, -0.15) is 10.2 Å². The van der Waals surface area contributed by atoms with Crippen LogP contribution in [0.4, 0.5) is 0 Å². The summed E-state index contributed by atoms with van der Waals surface area (Å²) >= 11 is 0. The second-order valence-corrected chi connectivity index (χ2v) is 6.89. The highest BCUT2D eigenvalue weighted by atomic mass is 15.2. The van der Waals surface area contributed by atoms with Crippen molar-refractivity contribution >= 4 is 0 Å². The summed E-state index contributed by atoms with van der Waals surface area (Å²) in [5.41, 5.74) is 1.23. The summed E-state index contributed by atoms with van der Waals surface area (Å²) in [6.07, 6.45) is 5.46. The molecule has 82 valence electrons. The first-order valence-corrected chi connectivity index (χ1v) is 6.45. The zero-order valence-corrected chi connectivity index (χ0v) is 9.95. The minimum atomic E-state index is 0.165. The summed E-state index contributed by atoms with van der Waals surface area (Å²) < 4.78 is 0. The van der Waals surface area contributed by atoms with Gasteiger partial charge in [0.1, 0.15) is 0 Å². The molecule has 0 saturated heterocycles. The van der Waals surface area contributed by atoms with Crippen LogP contribution in [0.3, 0.4) is 0 Å². The number of hydrogen-bond acceptors (Lipinski definition) is 2. The van der Waals surface area contributed by atoms with Crippen molar-refractivity contribution in [2.24, 2.45) is 32.9 Å². The molecule has 2 heterocycles. The molecular weight excluding hydrogens is 184 g/mol. The number of nitrogens with zero attached hydrogens (tertiary/aromatic N) is 2. The summed E-state index contributed by atoms with van der Waals surface area (Å²) in [6, 6.07) is 0.579. The van der Waals surface area contributed by atoms with E-state index in [0.29, 0.717) is 16.9 Å². The molecule has 2 bridgehead atoms. The van der Waals surface area contributed by atoms with Gasteiger partial charge in [-0.25, -0.2) is 0 Å². The van der Waals surface area contributed by atoms with E-state index in [0.717, 1.165) is 11.8 Å². The molecule has 15 heavy (non-hydrogen) atoms. The van der Waals surface area contributed by atoms with E-state index >= 15 is 0 Å². The van der Waals surface area contributed by atoms with Crippen molar-refractivity contribution in [1.82, 2.24) is 0 Å². The molecule has 3 aliphatic carbocycles. The van der Waals surface area contributed by atoms with Gasteiger partial charge in [-0.15, -0.1) is 0 Å². The molecule has 5 aliphatic rings. The maximum absolute atomic E-state index is 4.67. The fraction of sp³-hybridized carbons (Fsp3) is 1.00. The van der Waals surface area contributed by atoms with E-state index in [1.165, 1.54) is 25.7 Å². The molecule has 0 aromatic heterocycles. The third kappa shape index (κ3) is 0.592. The van der Waals surface area contributed by atoms with Crippen LogP contribution >= 0.6 is 0 Å². The predicted molar refractivity (Wildman–Crippen MR) is 58.7 cm³/mol. The van der Waals surface area contributed by atoms with Gasteiger partial charge < -0.3 is 0 Å². The fourth-order valence-electron chi connectivity index (χ4n) is 5.63. The Hall–Kier alpha value is -0.400. The van der Waals surface area contributed by atoms with Crippen molar-refractivity contribution in [2.75, 3.05) is 0 Å². The van der Waals surface area contributed by atoms with Crippen LogP contribution in [-0.2, 0) is 0 Å². The largest absolute Gasteiger partial charge is 0.190 e. The highest BCUT2D eigenvalue weighted by Gasteiger charge is 2.80. The molecule has 3 fully saturated rings. The molecule has 6 atom stereocenters. The van der Waals surface area contributed by atoms with Gasteiger partial charge >= 0.3 is 0 Å². The second kappa shape index (κ2) is 2.03. The number of hydrogen-bond donors (Lipinski definition) is 0. The van der Waals surface area contributed by atoms with E-state index in [2.05, 4.69) is 31.0 Å². The maximum Gasteiger partial charge on any atom is 0.0850 e. The zero-order valence-electron chi connectivity index (χ0n) is 9.95. The molecule has 0 N–H and O–H groups in total. The van der Waals surface area contributed by atoms with Crippen molar-refractivity contribution < 1.29 is 0 Å². The lowest BCUT2D eigenvalue weighted by Crippen LogP contribution is -2.79. The lowest BCUT2D eigenvalue weighted by molar-refractivity contribution is -0.312. The summed E-state index contributed by atoms with van der Waals surface area (Å²) in [5, 5.41) is 9.25. The summed E-state index contributed by atoms with van der Waals surface area (Å²) in [4.78, 5) is 0. The third-order valence-electron chi connectivity index (χ3n) is 6.97. The molecular formula is C13H20N2. The standard InChI is InChI=1S/C13H20N2/c1-11-6-4-8(11)10-9-5-7-12(2,15-14-9)13(10,11)3/h8-10H,4-7H2,1-3H3/t8?,9?,10?,11-,12-,13-/m0/s1. The molecule has 2 heteroatoms.